The van der Waals surface area contributed by atoms with Crippen LogP contribution in [0.15, 0.2) is 48.5 Å². The minimum Gasteiger partial charge on any atom is -0.497 e. The first kappa shape index (κ1) is 18.6. The van der Waals surface area contributed by atoms with Gasteiger partial charge in [-0.2, -0.15) is 5.26 Å². The summed E-state index contributed by atoms with van der Waals surface area (Å²) in [5, 5.41) is 18.5. The molecule has 2 heterocycles. The number of nitrogens with zero attached hydrogens (tertiary/aromatic N) is 6. The number of anilines is 2. The highest BCUT2D eigenvalue weighted by molar-refractivity contribution is 5.55. The van der Waals surface area contributed by atoms with Gasteiger partial charge in [-0.25, -0.2) is 0 Å². The van der Waals surface area contributed by atoms with Crippen molar-refractivity contribution in [3.63, 3.8) is 0 Å². The van der Waals surface area contributed by atoms with Gasteiger partial charge in [0.15, 0.2) is 5.82 Å². The van der Waals surface area contributed by atoms with Gasteiger partial charge in [-0.3, -0.25) is 0 Å². The first-order valence-electron chi connectivity index (χ1n) is 9.37. The van der Waals surface area contributed by atoms with Gasteiger partial charge in [-0.15, -0.1) is 15.0 Å². The third-order valence-electron chi connectivity index (χ3n) is 5.00. The molecule has 0 atom stereocenters. The summed E-state index contributed by atoms with van der Waals surface area (Å²) in [6.07, 6.45) is 0. The lowest BCUT2D eigenvalue weighted by molar-refractivity contribution is 0.414. The van der Waals surface area contributed by atoms with E-state index in [0.29, 0.717) is 11.5 Å². The van der Waals surface area contributed by atoms with Crippen molar-refractivity contribution in [2.45, 2.75) is 0 Å². The van der Waals surface area contributed by atoms with E-state index in [1.807, 2.05) is 42.5 Å². The largest absolute Gasteiger partial charge is 0.497 e. The van der Waals surface area contributed by atoms with Crippen LogP contribution in [0.5, 0.6) is 11.5 Å². The predicted molar refractivity (Wildman–Crippen MR) is 110 cm³/mol. The number of rotatable bonds is 5. The van der Waals surface area contributed by atoms with Crippen LogP contribution in [0.25, 0.3) is 5.69 Å². The summed E-state index contributed by atoms with van der Waals surface area (Å²) in [5.74, 6) is 2.23. The molecular formula is C21H22N6O2. The highest BCUT2D eigenvalue weighted by Gasteiger charge is 2.23. The molecule has 0 saturated carbocycles. The highest BCUT2D eigenvalue weighted by Crippen LogP contribution is 2.25. The van der Waals surface area contributed by atoms with Crippen molar-refractivity contribution in [3.8, 4) is 23.3 Å². The number of hydrogen-bond donors (Lipinski definition) is 0. The van der Waals surface area contributed by atoms with E-state index >= 15 is 0 Å². The van der Waals surface area contributed by atoms with E-state index < -0.39 is 0 Å². The second-order valence-corrected chi connectivity index (χ2v) is 6.65. The van der Waals surface area contributed by atoms with Gasteiger partial charge in [0.05, 0.1) is 19.9 Å². The Morgan fingerprint density at radius 1 is 0.828 bits per heavy atom. The van der Waals surface area contributed by atoms with Gasteiger partial charge in [0.2, 0.25) is 5.69 Å². The molecule has 0 spiro atoms. The highest BCUT2D eigenvalue weighted by atomic mass is 16.5. The van der Waals surface area contributed by atoms with Crippen LogP contribution in [-0.4, -0.2) is 55.4 Å². The molecule has 1 aromatic heterocycles. The maximum Gasteiger partial charge on any atom is 0.207 e. The molecule has 0 N–H and O–H groups in total. The molecule has 8 heteroatoms. The number of hydrogen-bond acceptors (Lipinski definition) is 7. The number of nitriles is 1. The van der Waals surface area contributed by atoms with Crippen molar-refractivity contribution in [2.75, 3.05) is 50.2 Å². The molecule has 148 valence electrons. The second kappa shape index (κ2) is 8.10. The Morgan fingerprint density at radius 2 is 1.52 bits per heavy atom. The summed E-state index contributed by atoms with van der Waals surface area (Å²) in [6.45, 7) is 3.17. The number of methoxy groups -OCH3 is 2. The molecule has 8 nitrogen and oxygen atoms in total. The number of aromatic nitrogens is 3. The van der Waals surface area contributed by atoms with Crippen molar-refractivity contribution in [1.29, 1.82) is 5.26 Å². The Balaban J connectivity index is 1.50. The zero-order valence-electron chi connectivity index (χ0n) is 16.4. The van der Waals surface area contributed by atoms with Crippen molar-refractivity contribution < 1.29 is 9.47 Å². The number of benzene rings is 2. The van der Waals surface area contributed by atoms with E-state index in [1.54, 1.807) is 14.2 Å². The average molecular weight is 390 g/mol. The maximum absolute atomic E-state index is 9.54. The minimum absolute atomic E-state index is 0.329. The number of piperazine rings is 1. The lowest BCUT2D eigenvalue weighted by Crippen LogP contribution is -2.47. The predicted octanol–water partition coefficient (Wildman–Crippen LogP) is 2.48. The molecule has 1 aliphatic heterocycles. The van der Waals surface area contributed by atoms with Gasteiger partial charge in [0.25, 0.3) is 0 Å². The van der Waals surface area contributed by atoms with Crippen LogP contribution in [0, 0.1) is 11.3 Å². The zero-order chi connectivity index (χ0) is 20.2. The lowest BCUT2D eigenvalue weighted by Gasteiger charge is -2.36. The van der Waals surface area contributed by atoms with Crippen LogP contribution in [0.2, 0.25) is 0 Å². The van der Waals surface area contributed by atoms with E-state index in [1.165, 1.54) is 4.80 Å². The molecule has 0 aliphatic carbocycles. The zero-order valence-corrected chi connectivity index (χ0v) is 16.4. The van der Waals surface area contributed by atoms with Gasteiger partial charge < -0.3 is 19.3 Å². The maximum atomic E-state index is 9.54. The molecule has 4 rings (SSSR count). The Kier molecular flexibility index (Phi) is 5.20. The van der Waals surface area contributed by atoms with Crippen LogP contribution in [0.1, 0.15) is 5.69 Å². The van der Waals surface area contributed by atoms with Crippen LogP contribution >= 0.6 is 0 Å². The summed E-state index contributed by atoms with van der Waals surface area (Å²) in [6, 6.07) is 17.6. The minimum atomic E-state index is 0.329. The van der Waals surface area contributed by atoms with Crippen molar-refractivity contribution in [1.82, 2.24) is 15.0 Å². The van der Waals surface area contributed by atoms with E-state index in [0.717, 1.165) is 49.1 Å². The van der Waals surface area contributed by atoms with Gasteiger partial charge in [-0.05, 0) is 36.4 Å². The van der Waals surface area contributed by atoms with Crippen LogP contribution in [0.3, 0.4) is 0 Å². The molecule has 2 aromatic carbocycles. The Morgan fingerprint density at radius 3 is 2.17 bits per heavy atom. The molecule has 1 fully saturated rings. The summed E-state index contributed by atoms with van der Waals surface area (Å²) in [5.41, 5.74) is 2.24. The quantitative estimate of drug-likeness (QED) is 0.662. The molecule has 0 radical (unpaired) electrons. The molecule has 0 amide bonds. The van der Waals surface area contributed by atoms with Gasteiger partial charge >= 0.3 is 0 Å². The molecule has 0 bridgehead atoms. The van der Waals surface area contributed by atoms with Crippen LogP contribution in [0.4, 0.5) is 11.5 Å². The molecular weight excluding hydrogens is 368 g/mol. The smallest absolute Gasteiger partial charge is 0.207 e. The van der Waals surface area contributed by atoms with Gasteiger partial charge in [0.1, 0.15) is 17.6 Å². The van der Waals surface area contributed by atoms with E-state index in [2.05, 4.69) is 32.1 Å². The lowest BCUT2D eigenvalue weighted by atomic mass is 10.2. The Hall–Kier alpha value is -3.73. The van der Waals surface area contributed by atoms with Gasteiger partial charge in [0, 0.05) is 37.9 Å². The Labute approximate surface area is 169 Å². The summed E-state index contributed by atoms with van der Waals surface area (Å²) >= 11 is 0. The van der Waals surface area contributed by atoms with Crippen LogP contribution < -0.4 is 19.3 Å². The summed E-state index contributed by atoms with van der Waals surface area (Å²) in [4.78, 5) is 5.92. The van der Waals surface area contributed by atoms with Crippen LogP contribution in [-0.2, 0) is 0 Å². The van der Waals surface area contributed by atoms with E-state index in [9.17, 15) is 5.26 Å². The fraction of sp³-hybridized carbons (Fsp3) is 0.286. The first-order valence-corrected chi connectivity index (χ1v) is 9.37. The summed E-state index contributed by atoms with van der Waals surface area (Å²) < 4.78 is 10.5. The first-order chi connectivity index (χ1) is 14.2. The fourth-order valence-electron chi connectivity index (χ4n) is 3.40. The standard InChI is InChI=1S/C21H22N6O2/c1-28-18-8-6-16(7-9-18)27-23-20(15-22)21(24-27)26-12-10-25(11-13-26)17-4-3-5-19(14-17)29-2/h3-9,14H,10-13H2,1-2H3. The number of ether oxygens (including phenoxy) is 2. The summed E-state index contributed by atoms with van der Waals surface area (Å²) in [7, 11) is 3.30. The molecule has 29 heavy (non-hydrogen) atoms. The fourth-order valence-corrected chi connectivity index (χ4v) is 3.40. The normalized spacial score (nSPS) is 13.8. The average Bonchev–Trinajstić information content (AvgIpc) is 3.24. The van der Waals surface area contributed by atoms with Crippen molar-refractivity contribution >= 4 is 11.5 Å². The van der Waals surface area contributed by atoms with Gasteiger partial charge in [-0.1, -0.05) is 6.07 Å². The van der Waals surface area contributed by atoms with E-state index in [-0.39, 0.29) is 0 Å². The third-order valence-corrected chi connectivity index (χ3v) is 5.00. The van der Waals surface area contributed by atoms with Crippen molar-refractivity contribution in [2.24, 2.45) is 0 Å². The third kappa shape index (κ3) is 3.80. The van der Waals surface area contributed by atoms with Crippen molar-refractivity contribution in [3.05, 3.63) is 54.2 Å². The molecule has 1 aliphatic rings. The molecule has 1 saturated heterocycles. The monoisotopic (exact) mass is 390 g/mol. The molecule has 0 unspecified atom stereocenters. The topological polar surface area (TPSA) is 79.4 Å². The SMILES string of the molecule is COc1ccc(-n2nc(C#N)c(N3CCN(c4cccc(OC)c4)CC3)n2)cc1. The molecule has 3 aromatic rings. The van der Waals surface area contributed by atoms with E-state index in [4.69, 9.17) is 9.47 Å². The Bertz CT molecular complexity index is 1020. The second-order valence-electron chi connectivity index (χ2n) is 6.65.